The van der Waals surface area contributed by atoms with Crippen molar-refractivity contribution >= 4 is 16.9 Å². The topological polar surface area (TPSA) is 194 Å². The number of nitrogens with zero attached hydrogens (tertiary/aromatic N) is 9. The molecule has 0 amide bonds. The molecule has 12 rings (SSSR count). The molecule has 474 valence electrons. The predicted molar refractivity (Wildman–Crippen MR) is 357 cm³/mol. The molecule has 3 fully saturated rings. The van der Waals surface area contributed by atoms with Crippen LogP contribution < -0.4 is 16.7 Å². The average molecular weight is 1220 g/mol. The van der Waals surface area contributed by atoms with Gasteiger partial charge in [-0.25, -0.2) is 15.0 Å². The van der Waals surface area contributed by atoms with Crippen LogP contribution in [0.1, 0.15) is 135 Å². The van der Waals surface area contributed by atoms with E-state index >= 15 is 0 Å². The highest BCUT2D eigenvalue weighted by atomic mass is 16.3. The van der Waals surface area contributed by atoms with Crippen LogP contribution in [0.2, 0.25) is 0 Å². The van der Waals surface area contributed by atoms with Crippen LogP contribution in [0, 0.1) is 73.1 Å². The van der Waals surface area contributed by atoms with Gasteiger partial charge < -0.3 is 35.1 Å². The van der Waals surface area contributed by atoms with E-state index in [9.17, 15) is 34.8 Å². The van der Waals surface area contributed by atoms with Crippen LogP contribution in [-0.2, 0) is 19.3 Å². The van der Waals surface area contributed by atoms with Gasteiger partial charge in [-0.2, -0.15) is 0 Å². The number of likely N-dealkylation sites (tertiary alicyclic amines) is 3. The van der Waals surface area contributed by atoms with E-state index in [2.05, 4.69) is 74.7 Å². The van der Waals surface area contributed by atoms with E-state index in [0.717, 1.165) is 148 Å². The summed E-state index contributed by atoms with van der Waals surface area (Å²) in [6.07, 6.45) is 12.0. The van der Waals surface area contributed by atoms with E-state index < -0.39 is 18.3 Å². The van der Waals surface area contributed by atoms with E-state index in [1.54, 1.807) is 27.3 Å². The zero-order valence-corrected chi connectivity index (χ0v) is 53.9. The van der Waals surface area contributed by atoms with Crippen molar-refractivity contribution in [1.29, 1.82) is 0 Å². The molecule has 90 heavy (non-hydrogen) atoms. The van der Waals surface area contributed by atoms with Crippen molar-refractivity contribution in [1.82, 2.24) is 42.9 Å². The number of aryl methyl sites for hydroxylation is 8. The number of benzene rings is 3. The Hall–Kier alpha value is -7.70. The second kappa shape index (κ2) is 29.5. The van der Waals surface area contributed by atoms with Crippen LogP contribution >= 0.6 is 0 Å². The zero-order valence-electron chi connectivity index (χ0n) is 53.9. The van der Waals surface area contributed by atoms with Crippen LogP contribution in [-0.4, -0.2) is 122 Å². The Kier molecular flexibility index (Phi) is 21.4. The standard InChI is InChI=1S/C25H31N3O3.C25H31N3O2.C24H29N3O2/c1-16-4-6-19(7-5-16)23(30)20-8-11-27(12-9-20)13-10-21-18(3)26-24-22(29)14-17(2)15-28(24)25(21)31;1-17-4-7-20(8-5-17)24(29)21-10-13-27(14-11-21)15-12-22-19(3)26-23-9-6-18(2)16-28(23)25(22)30;1-17-6-8-19(9-7-17)23(28)20-10-14-26(15-11-20)16-12-21-18(2)25-22-5-3-4-13-27(22)24(21)29/h4-7,14-15,20,23,29-30H,8-13H2,1-3H3;4-9,16,21,24,29H,10-15H2,1-3H3;3-9,13,20,23,28H,10-12,14-16H2,1-2H3/t23-;24-;23-/m000/s1. The number of aromatic nitrogens is 6. The number of pyridine rings is 3. The Bertz CT molecular complexity index is 4080. The largest absolute Gasteiger partial charge is 0.504 e. The lowest BCUT2D eigenvalue weighted by Crippen LogP contribution is -2.37. The van der Waals surface area contributed by atoms with E-state index in [1.807, 2.05) is 120 Å². The number of aliphatic hydroxyl groups is 3. The second-order valence-corrected chi connectivity index (χ2v) is 25.8. The highest BCUT2D eigenvalue weighted by Gasteiger charge is 2.30. The molecule has 0 saturated carbocycles. The van der Waals surface area contributed by atoms with Crippen molar-refractivity contribution in [2.45, 2.75) is 131 Å². The summed E-state index contributed by atoms with van der Waals surface area (Å²) in [7, 11) is 0. The SMILES string of the molecule is Cc1ccc([C@H](O)C2CCN(CCc3c(C)nc4c(O)cc(C)cn4c3=O)CC2)cc1.Cc1ccc([C@H](O)C2CCN(CCc3c(C)nc4ccc(C)cn4c3=O)CC2)cc1.Cc1ccc([C@H](O)C2CCN(CCc3c(C)nc4ccccn4c3=O)CC2)cc1. The summed E-state index contributed by atoms with van der Waals surface area (Å²) in [4.78, 5) is 59.6. The number of rotatable bonds is 15. The Morgan fingerprint density at radius 1 is 0.411 bits per heavy atom. The smallest absolute Gasteiger partial charge is 0.261 e. The van der Waals surface area contributed by atoms with Gasteiger partial charge in [0.15, 0.2) is 11.4 Å². The molecule has 9 heterocycles. The minimum absolute atomic E-state index is 0.0287. The van der Waals surface area contributed by atoms with Crippen LogP contribution in [0.5, 0.6) is 5.75 Å². The monoisotopic (exact) mass is 1220 g/mol. The fourth-order valence-electron chi connectivity index (χ4n) is 13.4. The minimum Gasteiger partial charge on any atom is -0.504 e. The third-order valence-corrected chi connectivity index (χ3v) is 19.2. The molecule has 3 aliphatic heterocycles. The van der Waals surface area contributed by atoms with Gasteiger partial charge in [-0.05, 0) is 222 Å². The summed E-state index contributed by atoms with van der Waals surface area (Å²) >= 11 is 0. The lowest BCUT2D eigenvalue weighted by atomic mass is 9.87. The highest BCUT2D eigenvalue weighted by molar-refractivity contribution is 5.55. The molecule has 0 bridgehead atoms. The van der Waals surface area contributed by atoms with Crippen LogP contribution in [0.4, 0.5) is 0 Å². The molecule has 3 atom stereocenters. The van der Waals surface area contributed by atoms with Gasteiger partial charge in [0.05, 0.1) is 18.3 Å². The predicted octanol–water partition coefficient (Wildman–Crippen LogP) is 10.2. The summed E-state index contributed by atoms with van der Waals surface area (Å²) in [5.74, 6) is 0.880. The first-order valence-corrected chi connectivity index (χ1v) is 32.4. The number of hydrogen-bond donors (Lipinski definition) is 4. The van der Waals surface area contributed by atoms with Gasteiger partial charge in [0, 0.05) is 72.0 Å². The lowest BCUT2D eigenvalue weighted by Gasteiger charge is -2.34. The molecule has 0 aliphatic carbocycles. The molecule has 3 aliphatic rings. The Morgan fingerprint density at radius 2 is 0.756 bits per heavy atom. The van der Waals surface area contributed by atoms with Crippen molar-refractivity contribution in [2.24, 2.45) is 17.8 Å². The fourth-order valence-corrected chi connectivity index (χ4v) is 13.4. The number of fused-ring (bicyclic) bond motifs is 3. The quantitative estimate of drug-likeness (QED) is 0.0758. The molecule has 0 spiro atoms. The van der Waals surface area contributed by atoms with Gasteiger partial charge in [0.2, 0.25) is 0 Å². The van der Waals surface area contributed by atoms with Gasteiger partial charge >= 0.3 is 0 Å². The van der Waals surface area contributed by atoms with Gasteiger partial charge in [-0.3, -0.25) is 27.6 Å². The van der Waals surface area contributed by atoms with E-state index in [1.165, 1.54) is 21.1 Å². The molecule has 16 nitrogen and oxygen atoms in total. The Morgan fingerprint density at radius 3 is 1.17 bits per heavy atom. The molecule has 16 heteroatoms. The maximum atomic E-state index is 13.0. The van der Waals surface area contributed by atoms with Crippen molar-refractivity contribution < 1.29 is 20.4 Å². The van der Waals surface area contributed by atoms with E-state index in [-0.39, 0.29) is 28.3 Å². The van der Waals surface area contributed by atoms with Gasteiger partial charge in [-0.15, -0.1) is 0 Å². The van der Waals surface area contributed by atoms with E-state index in [4.69, 9.17) is 0 Å². The number of aromatic hydroxyl groups is 1. The molecule has 3 aromatic carbocycles. The summed E-state index contributed by atoms with van der Waals surface area (Å²) in [5.41, 5.74) is 14.8. The van der Waals surface area contributed by atoms with Crippen molar-refractivity contribution in [3.05, 3.63) is 237 Å². The summed E-state index contributed by atoms with van der Waals surface area (Å²) < 4.78 is 4.76. The molecular weight excluding hydrogens is 1130 g/mol. The molecule has 3 saturated heterocycles. The van der Waals surface area contributed by atoms with Crippen molar-refractivity contribution in [3.8, 4) is 5.75 Å². The van der Waals surface area contributed by atoms with E-state index in [0.29, 0.717) is 59.3 Å². The number of aliphatic hydroxyl groups excluding tert-OH is 3. The Balaban J connectivity index is 0.000000149. The number of piperidine rings is 3. The van der Waals surface area contributed by atoms with Crippen molar-refractivity contribution in [2.75, 3.05) is 58.9 Å². The lowest BCUT2D eigenvalue weighted by molar-refractivity contribution is 0.0591. The van der Waals surface area contributed by atoms with Gasteiger partial charge in [0.1, 0.15) is 11.3 Å². The maximum absolute atomic E-state index is 13.0. The molecule has 6 aromatic heterocycles. The molecule has 9 aromatic rings. The first-order chi connectivity index (χ1) is 43.3. The number of hydrogen-bond acceptors (Lipinski definition) is 13. The maximum Gasteiger partial charge on any atom is 0.261 e. The third-order valence-electron chi connectivity index (χ3n) is 19.2. The average Bonchev–Trinajstić information content (AvgIpc) is 1.44. The third kappa shape index (κ3) is 15.7. The highest BCUT2D eigenvalue weighted by Crippen LogP contribution is 2.34. The molecular formula is C74H91N9O7. The summed E-state index contributed by atoms with van der Waals surface area (Å²) in [5, 5.41) is 42.4. The van der Waals surface area contributed by atoms with Gasteiger partial charge in [0.25, 0.3) is 16.7 Å². The van der Waals surface area contributed by atoms with Gasteiger partial charge in [-0.1, -0.05) is 102 Å². The zero-order chi connectivity index (χ0) is 63.8. The summed E-state index contributed by atoms with van der Waals surface area (Å²) in [6, 6.07) is 35.7. The Labute approximate surface area is 528 Å². The van der Waals surface area contributed by atoms with Crippen LogP contribution in [0.15, 0.2) is 142 Å². The normalized spacial score (nSPS) is 16.8. The fraction of sp³-hybridized carbons (Fsp3) is 0.432. The molecule has 0 radical (unpaired) electrons. The minimum atomic E-state index is -0.421. The van der Waals surface area contributed by atoms with Crippen LogP contribution in [0.3, 0.4) is 0 Å². The summed E-state index contributed by atoms with van der Waals surface area (Å²) in [6.45, 7) is 23.8. The second-order valence-electron chi connectivity index (χ2n) is 25.8. The first kappa shape index (κ1) is 65.3. The van der Waals surface area contributed by atoms with Crippen molar-refractivity contribution in [3.63, 3.8) is 0 Å². The molecule has 0 unspecified atom stereocenters. The van der Waals surface area contributed by atoms with Crippen LogP contribution in [0.25, 0.3) is 16.9 Å². The first-order valence-electron chi connectivity index (χ1n) is 32.4. The molecule has 4 N–H and O–H groups in total.